The lowest BCUT2D eigenvalue weighted by molar-refractivity contribution is -0.137. The Bertz CT molecular complexity index is 347. The van der Waals surface area contributed by atoms with Gasteiger partial charge in [-0.2, -0.15) is 0 Å². The molecule has 2 aliphatic rings. The van der Waals surface area contributed by atoms with E-state index in [2.05, 4.69) is 4.90 Å². The molecule has 2 heterocycles. The van der Waals surface area contributed by atoms with E-state index in [9.17, 15) is 9.59 Å². The van der Waals surface area contributed by atoms with Crippen LogP contribution in [0.2, 0.25) is 0 Å². The highest BCUT2D eigenvalue weighted by Crippen LogP contribution is 2.10. The molecule has 2 saturated heterocycles. The monoisotopic (exact) mass is 282 g/mol. The summed E-state index contributed by atoms with van der Waals surface area (Å²) < 4.78 is 0. The van der Waals surface area contributed by atoms with Crippen molar-refractivity contribution in [2.75, 3.05) is 52.4 Å². The first-order valence-electron chi connectivity index (χ1n) is 7.61. The zero-order valence-corrected chi connectivity index (χ0v) is 12.4. The number of nitrogens with zero attached hydrogens (tertiary/aromatic N) is 3. The molecule has 114 valence electrons. The topological polar surface area (TPSA) is 69.9 Å². The van der Waals surface area contributed by atoms with E-state index in [4.69, 9.17) is 5.73 Å². The summed E-state index contributed by atoms with van der Waals surface area (Å²) >= 11 is 0. The Morgan fingerprint density at radius 1 is 1.00 bits per heavy atom. The minimum atomic E-state index is -0.104. The van der Waals surface area contributed by atoms with Crippen molar-refractivity contribution in [1.29, 1.82) is 0 Å². The number of hydrogen-bond acceptors (Lipinski definition) is 4. The van der Waals surface area contributed by atoms with Crippen LogP contribution in [0.1, 0.15) is 19.8 Å². The summed E-state index contributed by atoms with van der Waals surface area (Å²) in [4.78, 5) is 30.1. The van der Waals surface area contributed by atoms with E-state index in [-0.39, 0.29) is 17.7 Å². The van der Waals surface area contributed by atoms with Crippen LogP contribution in [-0.4, -0.2) is 78.9 Å². The molecule has 2 N–H and O–H groups in total. The van der Waals surface area contributed by atoms with Crippen molar-refractivity contribution in [1.82, 2.24) is 14.7 Å². The van der Waals surface area contributed by atoms with Crippen molar-refractivity contribution < 1.29 is 9.59 Å². The van der Waals surface area contributed by atoms with E-state index in [1.165, 1.54) is 0 Å². The van der Waals surface area contributed by atoms with E-state index < -0.39 is 0 Å². The quantitative estimate of drug-likeness (QED) is 0.744. The lowest BCUT2D eigenvalue weighted by Gasteiger charge is -2.36. The Hall–Kier alpha value is -1.14. The Balaban J connectivity index is 1.73. The lowest BCUT2D eigenvalue weighted by atomic mass is 10.1. The van der Waals surface area contributed by atoms with Gasteiger partial charge in [0.1, 0.15) is 0 Å². The largest absolute Gasteiger partial charge is 0.342 e. The average Bonchev–Trinajstić information content (AvgIpc) is 3.01. The number of nitrogens with two attached hydrogens (primary N) is 1. The highest BCUT2D eigenvalue weighted by molar-refractivity contribution is 5.79. The van der Waals surface area contributed by atoms with Gasteiger partial charge in [-0.25, -0.2) is 0 Å². The second-order valence-electron chi connectivity index (χ2n) is 5.83. The first-order chi connectivity index (χ1) is 9.61. The molecule has 0 aromatic carbocycles. The maximum absolute atomic E-state index is 12.1. The zero-order chi connectivity index (χ0) is 14.5. The van der Waals surface area contributed by atoms with E-state index in [0.717, 1.165) is 39.0 Å². The first kappa shape index (κ1) is 15.3. The summed E-state index contributed by atoms with van der Waals surface area (Å²) in [6.07, 6.45) is 2.26. The maximum atomic E-state index is 12.1. The van der Waals surface area contributed by atoms with Crippen LogP contribution in [0.5, 0.6) is 0 Å². The summed E-state index contributed by atoms with van der Waals surface area (Å²) in [6.45, 7) is 7.54. The van der Waals surface area contributed by atoms with Crippen LogP contribution in [-0.2, 0) is 9.59 Å². The molecule has 2 fully saturated rings. The van der Waals surface area contributed by atoms with Gasteiger partial charge in [-0.15, -0.1) is 0 Å². The SMILES string of the molecule is CC(CN)C(=O)N1CCN(CC(=O)N2CCCC2)CC1. The van der Waals surface area contributed by atoms with Gasteiger partial charge in [0.15, 0.2) is 0 Å². The predicted octanol–water partition coefficient (Wildman–Crippen LogP) is -0.652. The summed E-state index contributed by atoms with van der Waals surface area (Å²) in [7, 11) is 0. The molecule has 0 radical (unpaired) electrons. The Morgan fingerprint density at radius 3 is 2.15 bits per heavy atom. The van der Waals surface area contributed by atoms with E-state index in [0.29, 0.717) is 26.2 Å². The molecule has 0 aromatic heterocycles. The van der Waals surface area contributed by atoms with Gasteiger partial charge in [0.25, 0.3) is 0 Å². The van der Waals surface area contributed by atoms with Gasteiger partial charge in [0.2, 0.25) is 11.8 Å². The highest BCUT2D eigenvalue weighted by atomic mass is 16.2. The number of rotatable bonds is 4. The Kier molecular flexibility index (Phi) is 5.37. The Labute approximate surface area is 120 Å². The molecule has 6 nitrogen and oxygen atoms in total. The molecule has 0 spiro atoms. The number of likely N-dealkylation sites (tertiary alicyclic amines) is 1. The van der Waals surface area contributed by atoms with Gasteiger partial charge >= 0.3 is 0 Å². The van der Waals surface area contributed by atoms with E-state index in [1.807, 2.05) is 16.7 Å². The van der Waals surface area contributed by atoms with Crippen LogP contribution in [0.4, 0.5) is 0 Å². The van der Waals surface area contributed by atoms with Gasteiger partial charge in [0, 0.05) is 51.7 Å². The van der Waals surface area contributed by atoms with Gasteiger partial charge in [-0.1, -0.05) is 6.92 Å². The van der Waals surface area contributed by atoms with Crippen LogP contribution in [0.25, 0.3) is 0 Å². The maximum Gasteiger partial charge on any atom is 0.236 e. The fraction of sp³-hybridized carbons (Fsp3) is 0.857. The molecule has 0 bridgehead atoms. The summed E-state index contributed by atoms with van der Waals surface area (Å²) in [6, 6.07) is 0. The second kappa shape index (κ2) is 7.04. The first-order valence-corrected chi connectivity index (χ1v) is 7.61. The molecule has 2 aliphatic heterocycles. The van der Waals surface area contributed by atoms with Gasteiger partial charge in [-0.05, 0) is 12.8 Å². The predicted molar refractivity (Wildman–Crippen MR) is 77.1 cm³/mol. The molecular weight excluding hydrogens is 256 g/mol. The molecule has 20 heavy (non-hydrogen) atoms. The van der Waals surface area contributed by atoms with Gasteiger partial charge in [0.05, 0.1) is 6.54 Å². The molecule has 0 saturated carbocycles. The van der Waals surface area contributed by atoms with Crippen molar-refractivity contribution in [3.63, 3.8) is 0 Å². The fourth-order valence-electron chi connectivity index (χ4n) is 2.80. The van der Waals surface area contributed by atoms with Crippen molar-refractivity contribution in [3.8, 4) is 0 Å². The smallest absolute Gasteiger partial charge is 0.236 e. The number of amides is 2. The second-order valence-corrected chi connectivity index (χ2v) is 5.83. The number of carbonyl (C=O) groups is 2. The molecule has 6 heteroatoms. The van der Waals surface area contributed by atoms with Crippen LogP contribution in [0, 0.1) is 5.92 Å². The molecule has 1 atom stereocenters. The van der Waals surface area contributed by atoms with E-state index >= 15 is 0 Å². The number of carbonyl (C=O) groups excluding carboxylic acids is 2. The minimum Gasteiger partial charge on any atom is -0.342 e. The van der Waals surface area contributed by atoms with Gasteiger partial charge in [-0.3, -0.25) is 14.5 Å². The third kappa shape index (κ3) is 3.70. The molecule has 0 aliphatic carbocycles. The molecular formula is C14H26N4O2. The van der Waals surface area contributed by atoms with Crippen molar-refractivity contribution in [2.45, 2.75) is 19.8 Å². The van der Waals surface area contributed by atoms with Gasteiger partial charge < -0.3 is 15.5 Å². The fourth-order valence-corrected chi connectivity index (χ4v) is 2.80. The normalized spacial score (nSPS) is 22.1. The van der Waals surface area contributed by atoms with Crippen LogP contribution in [0.3, 0.4) is 0 Å². The van der Waals surface area contributed by atoms with Crippen LogP contribution < -0.4 is 5.73 Å². The number of hydrogen-bond donors (Lipinski definition) is 1. The minimum absolute atomic E-state index is 0.104. The Morgan fingerprint density at radius 2 is 1.60 bits per heavy atom. The summed E-state index contributed by atoms with van der Waals surface area (Å²) in [5, 5.41) is 0. The summed E-state index contributed by atoms with van der Waals surface area (Å²) in [5.74, 6) is 0.267. The standard InChI is InChI=1S/C14H26N4O2/c1-12(10-15)14(20)18-8-6-16(7-9-18)11-13(19)17-4-2-3-5-17/h12H,2-11,15H2,1H3. The molecule has 2 amide bonds. The van der Waals surface area contributed by atoms with Crippen molar-refractivity contribution in [3.05, 3.63) is 0 Å². The average molecular weight is 282 g/mol. The highest BCUT2D eigenvalue weighted by Gasteiger charge is 2.26. The molecule has 1 unspecified atom stereocenters. The van der Waals surface area contributed by atoms with E-state index in [1.54, 1.807) is 0 Å². The molecule has 0 aromatic rings. The van der Waals surface area contributed by atoms with Crippen LogP contribution >= 0.6 is 0 Å². The lowest BCUT2D eigenvalue weighted by Crippen LogP contribution is -2.52. The molecule has 2 rings (SSSR count). The third-order valence-electron chi connectivity index (χ3n) is 4.28. The van der Waals surface area contributed by atoms with Crippen molar-refractivity contribution in [2.24, 2.45) is 11.7 Å². The summed E-state index contributed by atoms with van der Waals surface area (Å²) in [5.41, 5.74) is 5.53. The van der Waals surface area contributed by atoms with Crippen molar-refractivity contribution >= 4 is 11.8 Å². The zero-order valence-electron chi connectivity index (χ0n) is 12.4. The van der Waals surface area contributed by atoms with Crippen LogP contribution in [0.15, 0.2) is 0 Å². The number of piperazine rings is 1. The third-order valence-corrected chi connectivity index (χ3v) is 4.28.